The molecule has 1 aromatic heterocycles. The zero-order chi connectivity index (χ0) is 12.4. The van der Waals surface area contributed by atoms with Crippen molar-refractivity contribution in [3.05, 3.63) is 41.3 Å². The molecule has 1 aromatic carbocycles. The molecule has 0 amide bonds. The van der Waals surface area contributed by atoms with Crippen LogP contribution >= 0.6 is 23.4 Å². The summed E-state index contributed by atoms with van der Waals surface area (Å²) in [5.41, 5.74) is 2.56. The van der Waals surface area contributed by atoms with Gasteiger partial charge in [0.25, 0.3) is 0 Å². The third kappa shape index (κ3) is 3.05. The van der Waals surface area contributed by atoms with Crippen LogP contribution < -0.4 is 0 Å². The van der Waals surface area contributed by atoms with Crippen LogP contribution in [-0.4, -0.2) is 9.55 Å². The van der Waals surface area contributed by atoms with E-state index in [4.69, 9.17) is 11.6 Å². The van der Waals surface area contributed by atoms with Crippen LogP contribution in [0.15, 0.2) is 34.3 Å². The van der Waals surface area contributed by atoms with E-state index in [1.165, 1.54) is 16.0 Å². The summed E-state index contributed by atoms with van der Waals surface area (Å²) in [4.78, 5) is 5.70. The Morgan fingerprint density at radius 2 is 1.88 bits per heavy atom. The minimum atomic E-state index is 0.448. The van der Waals surface area contributed by atoms with Gasteiger partial charge in [0.2, 0.25) is 0 Å². The Morgan fingerprint density at radius 1 is 1.24 bits per heavy atom. The van der Waals surface area contributed by atoms with E-state index in [9.17, 15) is 0 Å². The Kier molecular flexibility index (Phi) is 3.79. The number of benzene rings is 1. The fourth-order valence-electron chi connectivity index (χ4n) is 1.76. The van der Waals surface area contributed by atoms with Crippen LogP contribution in [0, 0.1) is 13.8 Å². The summed E-state index contributed by atoms with van der Waals surface area (Å²) in [7, 11) is 1.97. The van der Waals surface area contributed by atoms with Gasteiger partial charge in [0.05, 0.1) is 5.88 Å². The van der Waals surface area contributed by atoms with Crippen LogP contribution in [0.25, 0.3) is 0 Å². The summed E-state index contributed by atoms with van der Waals surface area (Å²) in [6.07, 6.45) is 2.01. The van der Waals surface area contributed by atoms with Crippen molar-refractivity contribution in [3.8, 4) is 0 Å². The number of aryl methyl sites for hydroxylation is 3. The summed E-state index contributed by atoms with van der Waals surface area (Å²) in [6.45, 7) is 4.22. The Labute approximate surface area is 111 Å². The molecule has 0 fully saturated rings. The van der Waals surface area contributed by atoms with Crippen molar-refractivity contribution in [1.82, 2.24) is 9.55 Å². The highest BCUT2D eigenvalue weighted by molar-refractivity contribution is 7.99. The second-order valence-corrected chi connectivity index (χ2v) is 5.53. The number of hydrogen-bond acceptors (Lipinski definition) is 2. The van der Waals surface area contributed by atoms with Crippen LogP contribution in [0.5, 0.6) is 0 Å². The first kappa shape index (κ1) is 12.5. The average molecular weight is 267 g/mol. The fourth-order valence-corrected chi connectivity index (χ4v) is 3.10. The molecule has 0 saturated carbocycles. The molecule has 0 radical (unpaired) electrons. The number of halogens is 1. The van der Waals surface area contributed by atoms with E-state index in [0.29, 0.717) is 5.88 Å². The molecule has 2 rings (SSSR count). The molecule has 0 spiro atoms. The number of aromatic nitrogens is 2. The molecule has 0 atom stereocenters. The second-order valence-electron chi connectivity index (χ2n) is 4.17. The SMILES string of the molecule is Cc1cc(C)cc(Sc2cn(C)c(CCl)n2)c1. The molecule has 17 heavy (non-hydrogen) atoms. The van der Waals surface area contributed by atoms with Crippen molar-refractivity contribution in [2.24, 2.45) is 7.05 Å². The summed E-state index contributed by atoms with van der Waals surface area (Å²) >= 11 is 7.48. The fraction of sp³-hybridized carbons (Fsp3) is 0.308. The summed E-state index contributed by atoms with van der Waals surface area (Å²) in [5.74, 6) is 1.35. The minimum Gasteiger partial charge on any atom is -0.336 e. The molecule has 0 N–H and O–H groups in total. The van der Waals surface area contributed by atoms with Gasteiger partial charge in [0, 0.05) is 18.1 Å². The molecule has 0 aliphatic carbocycles. The number of rotatable bonds is 3. The van der Waals surface area contributed by atoms with E-state index in [2.05, 4.69) is 37.0 Å². The van der Waals surface area contributed by atoms with Gasteiger partial charge in [0.1, 0.15) is 10.9 Å². The standard InChI is InChI=1S/C13H15ClN2S/c1-9-4-10(2)6-11(5-9)17-13-8-16(3)12(7-14)15-13/h4-6,8H,7H2,1-3H3. The van der Waals surface area contributed by atoms with E-state index < -0.39 is 0 Å². The molecule has 1 heterocycles. The second kappa shape index (κ2) is 5.15. The van der Waals surface area contributed by atoms with Crippen molar-refractivity contribution in [3.63, 3.8) is 0 Å². The molecule has 0 saturated heterocycles. The summed E-state index contributed by atoms with van der Waals surface area (Å²) in [5, 5.41) is 0.994. The summed E-state index contributed by atoms with van der Waals surface area (Å²) < 4.78 is 1.97. The Hall–Kier alpha value is -0.930. The van der Waals surface area contributed by atoms with E-state index in [0.717, 1.165) is 10.9 Å². The lowest BCUT2D eigenvalue weighted by Gasteiger charge is -2.02. The lowest BCUT2D eigenvalue weighted by atomic mass is 10.2. The maximum atomic E-state index is 5.81. The smallest absolute Gasteiger partial charge is 0.124 e. The van der Waals surface area contributed by atoms with Crippen molar-refractivity contribution in [2.45, 2.75) is 29.6 Å². The van der Waals surface area contributed by atoms with Crippen LogP contribution in [0.2, 0.25) is 0 Å². The number of alkyl halides is 1. The van der Waals surface area contributed by atoms with E-state index in [1.54, 1.807) is 11.8 Å². The maximum absolute atomic E-state index is 5.81. The van der Waals surface area contributed by atoms with Gasteiger partial charge >= 0.3 is 0 Å². The molecular formula is C13H15ClN2S. The van der Waals surface area contributed by atoms with Crippen LogP contribution in [0.3, 0.4) is 0 Å². The molecule has 2 aromatic rings. The minimum absolute atomic E-state index is 0.448. The monoisotopic (exact) mass is 266 g/mol. The highest BCUT2D eigenvalue weighted by Crippen LogP contribution is 2.28. The van der Waals surface area contributed by atoms with Crippen LogP contribution in [0.4, 0.5) is 0 Å². The Morgan fingerprint density at radius 3 is 2.41 bits per heavy atom. The molecular weight excluding hydrogens is 252 g/mol. The highest BCUT2D eigenvalue weighted by Gasteiger charge is 2.06. The van der Waals surface area contributed by atoms with Crippen molar-refractivity contribution >= 4 is 23.4 Å². The predicted octanol–water partition coefficient (Wildman–Crippen LogP) is 3.93. The molecule has 0 aliphatic heterocycles. The molecule has 0 aliphatic rings. The lowest BCUT2D eigenvalue weighted by molar-refractivity contribution is 0.847. The van der Waals surface area contributed by atoms with Gasteiger partial charge in [-0.1, -0.05) is 17.8 Å². The van der Waals surface area contributed by atoms with Crippen molar-refractivity contribution in [2.75, 3.05) is 0 Å². The highest BCUT2D eigenvalue weighted by atomic mass is 35.5. The van der Waals surface area contributed by atoms with Gasteiger partial charge in [-0.25, -0.2) is 4.98 Å². The van der Waals surface area contributed by atoms with Gasteiger partial charge in [0.15, 0.2) is 0 Å². The normalized spacial score (nSPS) is 10.8. The molecule has 4 heteroatoms. The maximum Gasteiger partial charge on any atom is 0.124 e. The molecule has 0 unspecified atom stereocenters. The topological polar surface area (TPSA) is 17.8 Å². The first-order chi connectivity index (χ1) is 8.08. The summed E-state index contributed by atoms with van der Waals surface area (Å²) in [6, 6.07) is 6.52. The third-order valence-corrected chi connectivity index (χ3v) is 3.60. The Balaban J connectivity index is 2.24. The van der Waals surface area contributed by atoms with Crippen LogP contribution in [0.1, 0.15) is 17.0 Å². The first-order valence-corrected chi connectivity index (χ1v) is 6.78. The largest absolute Gasteiger partial charge is 0.336 e. The molecule has 90 valence electrons. The van der Waals surface area contributed by atoms with Gasteiger partial charge in [-0.05, 0) is 37.1 Å². The zero-order valence-corrected chi connectivity index (χ0v) is 11.8. The third-order valence-electron chi connectivity index (χ3n) is 2.49. The first-order valence-electron chi connectivity index (χ1n) is 5.43. The Bertz CT molecular complexity index is 514. The van der Waals surface area contributed by atoms with Crippen LogP contribution in [-0.2, 0) is 12.9 Å². The van der Waals surface area contributed by atoms with E-state index in [1.807, 2.05) is 17.8 Å². The van der Waals surface area contributed by atoms with E-state index in [-0.39, 0.29) is 0 Å². The quantitative estimate of drug-likeness (QED) is 0.784. The zero-order valence-electron chi connectivity index (χ0n) is 10.2. The average Bonchev–Trinajstić information content (AvgIpc) is 2.57. The van der Waals surface area contributed by atoms with Crippen molar-refractivity contribution < 1.29 is 0 Å². The molecule has 0 bridgehead atoms. The van der Waals surface area contributed by atoms with Crippen molar-refractivity contribution in [1.29, 1.82) is 0 Å². The number of imidazole rings is 1. The van der Waals surface area contributed by atoms with Gasteiger partial charge in [-0.2, -0.15) is 0 Å². The molecule has 2 nitrogen and oxygen atoms in total. The van der Waals surface area contributed by atoms with Gasteiger partial charge < -0.3 is 4.57 Å². The lowest BCUT2D eigenvalue weighted by Crippen LogP contribution is -1.91. The van der Waals surface area contributed by atoms with Gasteiger partial charge in [-0.3, -0.25) is 0 Å². The number of hydrogen-bond donors (Lipinski definition) is 0. The van der Waals surface area contributed by atoms with Gasteiger partial charge in [-0.15, -0.1) is 11.6 Å². The predicted molar refractivity (Wildman–Crippen MR) is 72.8 cm³/mol. The van der Waals surface area contributed by atoms with E-state index >= 15 is 0 Å². The number of nitrogens with zero attached hydrogens (tertiary/aromatic N) is 2.